The topological polar surface area (TPSA) is 99.0 Å². The molecule has 0 bridgehead atoms. The molecule has 8 nitrogen and oxygen atoms in total. The zero-order chi connectivity index (χ0) is 18.8. The highest BCUT2D eigenvalue weighted by Gasteiger charge is 2.19. The first-order chi connectivity index (χ1) is 12.4. The summed E-state index contributed by atoms with van der Waals surface area (Å²) in [4.78, 5) is 42.4. The summed E-state index contributed by atoms with van der Waals surface area (Å²) < 4.78 is 7.54. The van der Waals surface area contributed by atoms with Crippen LogP contribution in [0.25, 0.3) is 11.2 Å². The predicted molar refractivity (Wildman–Crippen MR) is 98.9 cm³/mol. The largest absolute Gasteiger partial charge is 0.468 e. The number of carbonyl (C=O) groups excluding carboxylic acids is 1. The number of esters is 1. The third-order valence-electron chi connectivity index (χ3n) is 3.81. The molecule has 0 atom stereocenters. The maximum Gasteiger partial charge on any atom is 0.329 e. The molecular formula is C16H15ClN4O4S. The molecule has 26 heavy (non-hydrogen) atoms. The normalized spacial score (nSPS) is 11.0. The lowest BCUT2D eigenvalue weighted by Crippen LogP contribution is -2.29. The molecular weight excluding hydrogens is 380 g/mol. The van der Waals surface area contributed by atoms with Gasteiger partial charge in [-0.15, -0.1) is 0 Å². The summed E-state index contributed by atoms with van der Waals surface area (Å²) in [7, 11) is 2.81. The van der Waals surface area contributed by atoms with Gasteiger partial charge in [0.2, 0.25) is 0 Å². The highest BCUT2D eigenvalue weighted by molar-refractivity contribution is 7.99. The van der Waals surface area contributed by atoms with Crippen molar-refractivity contribution in [2.75, 3.05) is 12.9 Å². The molecule has 0 aliphatic heterocycles. The number of benzene rings is 1. The molecule has 0 amide bonds. The molecule has 0 aliphatic carbocycles. The summed E-state index contributed by atoms with van der Waals surface area (Å²) in [5.74, 6) is -0.400. The summed E-state index contributed by atoms with van der Waals surface area (Å²) >= 11 is 7.36. The van der Waals surface area contributed by atoms with Gasteiger partial charge in [0.15, 0.2) is 16.3 Å². The van der Waals surface area contributed by atoms with E-state index >= 15 is 0 Å². The van der Waals surface area contributed by atoms with Gasteiger partial charge in [-0.1, -0.05) is 41.6 Å². The highest BCUT2D eigenvalue weighted by atomic mass is 35.5. The summed E-state index contributed by atoms with van der Waals surface area (Å²) in [6.07, 6.45) is 0. The van der Waals surface area contributed by atoms with Crippen LogP contribution in [0.15, 0.2) is 39.0 Å². The minimum absolute atomic E-state index is 0.0220. The summed E-state index contributed by atoms with van der Waals surface area (Å²) in [6.45, 7) is 0.265. The molecule has 0 saturated heterocycles. The average Bonchev–Trinajstić information content (AvgIpc) is 2.98. The molecule has 10 heteroatoms. The zero-order valence-electron chi connectivity index (χ0n) is 14.0. The molecule has 0 fully saturated rings. The first kappa shape index (κ1) is 18.3. The number of hydrogen-bond acceptors (Lipinski definition) is 6. The summed E-state index contributed by atoms with van der Waals surface area (Å²) in [5.41, 5.74) is 0.140. The number of nitrogens with one attached hydrogen (secondary N) is 1. The maximum absolute atomic E-state index is 12.4. The fraction of sp³-hybridized carbons (Fsp3) is 0.250. The number of aromatic amines is 1. The monoisotopic (exact) mass is 394 g/mol. The second-order valence-corrected chi connectivity index (χ2v) is 6.78. The van der Waals surface area contributed by atoms with Crippen molar-refractivity contribution < 1.29 is 9.53 Å². The second-order valence-electron chi connectivity index (χ2n) is 5.43. The van der Waals surface area contributed by atoms with Crippen LogP contribution in [0.5, 0.6) is 0 Å². The number of imidazole rings is 1. The quantitative estimate of drug-likeness (QED) is 0.518. The Hall–Kier alpha value is -2.52. The van der Waals surface area contributed by atoms with Gasteiger partial charge in [-0.3, -0.25) is 19.1 Å². The van der Waals surface area contributed by atoms with E-state index in [4.69, 9.17) is 11.6 Å². The Morgan fingerprint density at radius 3 is 2.77 bits per heavy atom. The Balaban J connectivity index is 2.18. The number of methoxy groups -OCH3 is 1. The van der Waals surface area contributed by atoms with Crippen LogP contribution in [-0.4, -0.2) is 37.9 Å². The van der Waals surface area contributed by atoms with Crippen molar-refractivity contribution in [1.82, 2.24) is 19.1 Å². The van der Waals surface area contributed by atoms with Crippen molar-refractivity contribution in [2.24, 2.45) is 7.05 Å². The van der Waals surface area contributed by atoms with Crippen molar-refractivity contribution in [1.29, 1.82) is 0 Å². The van der Waals surface area contributed by atoms with Crippen molar-refractivity contribution in [3.05, 3.63) is 55.7 Å². The molecule has 0 spiro atoms. The van der Waals surface area contributed by atoms with Crippen LogP contribution in [0.4, 0.5) is 0 Å². The summed E-state index contributed by atoms with van der Waals surface area (Å²) in [5, 5.41) is 0.955. The molecule has 136 valence electrons. The van der Waals surface area contributed by atoms with Crippen molar-refractivity contribution >= 4 is 40.5 Å². The Morgan fingerprint density at radius 1 is 1.35 bits per heavy atom. The Kier molecular flexibility index (Phi) is 5.19. The molecule has 3 aromatic rings. The van der Waals surface area contributed by atoms with E-state index in [0.29, 0.717) is 10.2 Å². The number of aromatic nitrogens is 4. The maximum atomic E-state index is 12.4. The van der Waals surface area contributed by atoms with Crippen LogP contribution in [0.3, 0.4) is 0 Å². The SMILES string of the molecule is COC(=O)CSc1nc2c(c(=O)[nH]c(=O)n2C)n1Cc1ccccc1Cl. The minimum atomic E-state index is -0.561. The molecule has 0 unspecified atom stereocenters. The van der Waals surface area contributed by atoms with E-state index in [1.54, 1.807) is 16.7 Å². The molecule has 2 aromatic heterocycles. The molecule has 1 N–H and O–H groups in total. The van der Waals surface area contributed by atoms with Crippen molar-refractivity contribution in [2.45, 2.75) is 11.7 Å². The van der Waals surface area contributed by atoms with E-state index < -0.39 is 17.2 Å². The lowest BCUT2D eigenvalue weighted by Gasteiger charge is -2.09. The smallest absolute Gasteiger partial charge is 0.329 e. The number of rotatable bonds is 5. The lowest BCUT2D eigenvalue weighted by molar-refractivity contribution is -0.137. The van der Waals surface area contributed by atoms with Gasteiger partial charge in [0.25, 0.3) is 5.56 Å². The van der Waals surface area contributed by atoms with Gasteiger partial charge in [0.1, 0.15) is 0 Å². The van der Waals surface area contributed by atoms with Gasteiger partial charge in [0, 0.05) is 12.1 Å². The Labute approximate surface area is 156 Å². The zero-order valence-corrected chi connectivity index (χ0v) is 15.6. The van der Waals surface area contributed by atoms with E-state index in [2.05, 4.69) is 14.7 Å². The average molecular weight is 395 g/mol. The van der Waals surface area contributed by atoms with E-state index in [1.165, 1.54) is 18.7 Å². The highest BCUT2D eigenvalue weighted by Crippen LogP contribution is 2.25. The van der Waals surface area contributed by atoms with Crippen LogP contribution in [-0.2, 0) is 23.1 Å². The molecule has 2 heterocycles. The van der Waals surface area contributed by atoms with Gasteiger partial charge < -0.3 is 9.30 Å². The van der Waals surface area contributed by atoms with Crippen molar-refractivity contribution in [3.63, 3.8) is 0 Å². The second kappa shape index (κ2) is 7.38. The predicted octanol–water partition coefficient (Wildman–Crippen LogP) is 1.39. The number of ether oxygens (including phenoxy) is 1. The fourth-order valence-electron chi connectivity index (χ4n) is 2.45. The number of aryl methyl sites for hydroxylation is 1. The lowest BCUT2D eigenvalue weighted by atomic mass is 10.2. The Bertz CT molecular complexity index is 1100. The fourth-order valence-corrected chi connectivity index (χ4v) is 3.47. The first-order valence-corrected chi connectivity index (χ1v) is 8.91. The van der Waals surface area contributed by atoms with E-state index in [1.807, 2.05) is 12.1 Å². The Morgan fingerprint density at radius 2 is 2.08 bits per heavy atom. The minimum Gasteiger partial charge on any atom is -0.468 e. The molecule has 0 radical (unpaired) electrons. The molecule has 0 saturated carbocycles. The van der Waals surface area contributed by atoms with E-state index in [0.717, 1.165) is 17.3 Å². The first-order valence-electron chi connectivity index (χ1n) is 7.55. The standard InChI is InChI=1S/C16H15ClN4O4S/c1-20-13-12(14(23)19-15(20)24)21(7-9-5-3-4-6-10(9)17)16(18-13)26-8-11(22)25-2/h3-6H,7-8H2,1-2H3,(H,19,23,24). The van der Waals surface area contributed by atoms with Crippen LogP contribution in [0.2, 0.25) is 5.02 Å². The van der Waals surface area contributed by atoms with Gasteiger partial charge in [-0.25, -0.2) is 9.78 Å². The number of halogens is 1. The van der Waals surface area contributed by atoms with Crippen LogP contribution >= 0.6 is 23.4 Å². The van der Waals surface area contributed by atoms with Gasteiger partial charge in [-0.05, 0) is 11.6 Å². The number of nitrogens with zero attached hydrogens (tertiary/aromatic N) is 3. The molecule has 0 aliphatic rings. The van der Waals surface area contributed by atoms with E-state index in [-0.39, 0.29) is 23.5 Å². The van der Waals surface area contributed by atoms with Crippen LogP contribution in [0.1, 0.15) is 5.56 Å². The number of fused-ring (bicyclic) bond motifs is 1. The number of thioether (sulfide) groups is 1. The van der Waals surface area contributed by atoms with E-state index in [9.17, 15) is 14.4 Å². The van der Waals surface area contributed by atoms with Crippen LogP contribution in [0, 0.1) is 0 Å². The third kappa shape index (κ3) is 3.40. The summed E-state index contributed by atoms with van der Waals surface area (Å²) in [6, 6.07) is 7.22. The number of carbonyl (C=O) groups is 1. The van der Waals surface area contributed by atoms with Gasteiger partial charge >= 0.3 is 11.7 Å². The van der Waals surface area contributed by atoms with Gasteiger partial charge in [-0.2, -0.15) is 0 Å². The number of H-pyrrole nitrogens is 1. The number of hydrogen-bond donors (Lipinski definition) is 1. The third-order valence-corrected chi connectivity index (χ3v) is 5.12. The van der Waals surface area contributed by atoms with Crippen LogP contribution < -0.4 is 11.2 Å². The molecule has 3 rings (SSSR count). The van der Waals surface area contributed by atoms with Crippen molar-refractivity contribution in [3.8, 4) is 0 Å². The molecule has 1 aromatic carbocycles. The van der Waals surface area contributed by atoms with Gasteiger partial charge in [0.05, 0.1) is 19.4 Å².